The smallest absolute Gasteiger partial charge is 0.305 e. The average Bonchev–Trinajstić information content (AvgIpc) is 2.91. The molecule has 0 saturated heterocycles. The van der Waals surface area contributed by atoms with Gasteiger partial charge in [0.1, 0.15) is 24.2 Å². The maximum atomic E-state index is 13.3. The van der Waals surface area contributed by atoms with Crippen molar-refractivity contribution in [1.82, 2.24) is 5.32 Å². The van der Waals surface area contributed by atoms with Gasteiger partial charge in [0.25, 0.3) is 5.91 Å². The van der Waals surface area contributed by atoms with Gasteiger partial charge in [-0.1, -0.05) is 25.0 Å². The molecular formula is C29H38N2O7. The normalized spacial score (nSPS) is 15.8. The highest BCUT2D eigenvalue weighted by atomic mass is 16.5. The molecule has 0 saturated carbocycles. The highest BCUT2D eigenvalue weighted by Crippen LogP contribution is 2.29. The van der Waals surface area contributed by atoms with E-state index >= 15 is 0 Å². The van der Waals surface area contributed by atoms with Crippen LogP contribution in [0, 0.1) is 0 Å². The van der Waals surface area contributed by atoms with Crippen molar-refractivity contribution < 1.29 is 33.3 Å². The molecule has 38 heavy (non-hydrogen) atoms. The van der Waals surface area contributed by atoms with Crippen LogP contribution >= 0.6 is 0 Å². The third-order valence-electron chi connectivity index (χ3n) is 6.30. The number of hydrogen-bond acceptors (Lipinski definition) is 7. The van der Waals surface area contributed by atoms with Gasteiger partial charge in [-0.2, -0.15) is 0 Å². The van der Waals surface area contributed by atoms with E-state index in [4.69, 9.17) is 18.9 Å². The van der Waals surface area contributed by atoms with Gasteiger partial charge in [-0.3, -0.25) is 14.4 Å². The summed E-state index contributed by atoms with van der Waals surface area (Å²) in [4.78, 5) is 36.1. The lowest BCUT2D eigenvalue weighted by molar-refractivity contribution is -0.140. The van der Waals surface area contributed by atoms with E-state index in [-0.39, 0.29) is 17.8 Å². The number of methoxy groups -OCH3 is 2. The molecule has 9 heteroatoms. The third-order valence-corrected chi connectivity index (χ3v) is 6.30. The van der Waals surface area contributed by atoms with E-state index in [0.29, 0.717) is 50.5 Å². The minimum atomic E-state index is -0.649. The molecule has 0 fully saturated rings. The Bertz CT molecular complexity index is 1100. The Labute approximate surface area is 224 Å². The first-order valence-electron chi connectivity index (χ1n) is 13.0. The number of nitrogens with one attached hydrogen (secondary N) is 2. The van der Waals surface area contributed by atoms with Crippen molar-refractivity contribution in [1.29, 1.82) is 0 Å². The number of rotatable bonds is 9. The zero-order valence-corrected chi connectivity index (χ0v) is 22.5. The van der Waals surface area contributed by atoms with Gasteiger partial charge in [0, 0.05) is 26.5 Å². The Kier molecular flexibility index (Phi) is 11.4. The van der Waals surface area contributed by atoms with E-state index < -0.39 is 6.10 Å². The van der Waals surface area contributed by atoms with Crippen LogP contribution in [0.5, 0.6) is 11.5 Å². The number of amides is 2. The van der Waals surface area contributed by atoms with Crippen molar-refractivity contribution in [2.75, 3.05) is 26.1 Å². The summed E-state index contributed by atoms with van der Waals surface area (Å²) in [6, 6.07) is 11.5. The Morgan fingerprint density at radius 3 is 2.66 bits per heavy atom. The Balaban J connectivity index is 1.81. The monoisotopic (exact) mass is 526 g/mol. The van der Waals surface area contributed by atoms with Gasteiger partial charge >= 0.3 is 5.97 Å². The number of carbonyl (C=O) groups is 3. The predicted octanol–water partition coefficient (Wildman–Crippen LogP) is 4.30. The zero-order valence-electron chi connectivity index (χ0n) is 22.5. The van der Waals surface area contributed by atoms with Crippen molar-refractivity contribution in [2.45, 2.75) is 71.1 Å². The molecule has 0 unspecified atom stereocenters. The molecule has 3 rings (SSSR count). The lowest BCUT2D eigenvalue weighted by atomic mass is 10.1. The number of unbranched alkanes of at least 4 members (excludes halogenated alkanes) is 2. The molecule has 2 aromatic carbocycles. The third kappa shape index (κ3) is 9.37. The molecular weight excluding hydrogens is 488 g/mol. The molecule has 2 amide bonds. The number of hydrogen-bond donors (Lipinski definition) is 2. The molecule has 206 valence electrons. The maximum Gasteiger partial charge on any atom is 0.305 e. The minimum absolute atomic E-state index is 0.139. The van der Waals surface area contributed by atoms with Gasteiger partial charge in [-0.15, -0.1) is 0 Å². The fourth-order valence-corrected chi connectivity index (χ4v) is 4.26. The number of aryl methyl sites for hydroxylation is 1. The van der Waals surface area contributed by atoms with E-state index in [2.05, 4.69) is 16.7 Å². The molecule has 1 aliphatic heterocycles. The van der Waals surface area contributed by atoms with Crippen LogP contribution in [0.4, 0.5) is 5.69 Å². The summed E-state index contributed by atoms with van der Waals surface area (Å²) in [6.45, 7) is 2.52. The van der Waals surface area contributed by atoms with Gasteiger partial charge in [0.15, 0.2) is 0 Å². The number of anilines is 1. The second-order valence-corrected chi connectivity index (χ2v) is 9.35. The van der Waals surface area contributed by atoms with Crippen molar-refractivity contribution in [3.05, 3.63) is 53.1 Å². The second kappa shape index (κ2) is 15.0. The summed E-state index contributed by atoms with van der Waals surface area (Å²) in [5.74, 6) is 0.655. The lowest BCUT2D eigenvalue weighted by Crippen LogP contribution is -2.31. The minimum Gasteiger partial charge on any atom is -0.497 e. The van der Waals surface area contributed by atoms with Crippen LogP contribution < -0.4 is 20.1 Å². The molecule has 1 atom stereocenters. The first-order valence-corrected chi connectivity index (χ1v) is 13.0. The molecule has 2 N–H and O–H groups in total. The summed E-state index contributed by atoms with van der Waals surface area (Å²) in [7, 11) is 3.02. The molecule has 0 radical (unpaired) electrons. The Morgan fingerprint density at radius 2 is 1.89 bits per heavy atom. The van der Waals surface area contributed by atoms with Gasteiger partial charge in [0.05, 0.1) is 19.9 Å². The van der Waals surface area contributed by atoms with Crippen LogP contribution in [0.15, 0.2) is 36.4 Å². The van der Waals surface area contributed by atoms with Crippen LogP contribution in [-0.4, -0.2) is 44.7 Å². The van der Waals surface area contributed by atoms with E-state index in [9.17, 15) is 14.4 Å². The zero-order chi connectivity index (χ0) is 27.3. The highest BCUT2D eigenvalue weighted by molar-refractivity contribution is 5.95. The van der Waals surface area contributed by atoms with Crippen LogP contribution in [0.25, 0.3) is 0 Å². The Morgan fingerprint density at radius 1 is 1.08 bits per heavy atom. The standard InChI is InChI=1S/C29H38N2O7/c1-20(32)30-18-22-11-12-26-25(17-22)31-29(34)27(9-5-4-6-10-28(33)36-3)37-13-7-8-21-14-23(19-38-26)16-24(15-21)35-2/h11-12,14-17,27H,4-10,13,18-19H2,1-3H3,(H,30,32)(H,31,34)/t27-/m0/s1. The Hall–Kier alpha value is -3.59. The molecule has 2 bridgehead atoms. The number of benzene rings is 2. The summed E-state index contributed by atoms with van der Waals surface area (Å²) in [6.07, 6.45) is 3.98. The number of ether oxygens (including phenoxy) is 4. The van der Waals surface area contributed by atoms with Crippen molar-refractivity contribution in [2.24, 2.45) is 0 Å². The van der Waals surface area contributed by atoms with Gasteiger partial charge in [-0.25, -0.2) is 0 Å². The van der Waals surface area contributed by atoms with Crippen molar-refractivity contribution in [3.8, 4) is 11.5 Å². The topological polar surface area (TPSA) is 112 Å². The summed E-state index contributed by atoms with van der Waals surface area (Å²) in [5.41, 5.74) is 3.41. The van der Waals surface area contributed by atoms with Crippen LogP contribution in [0.1, 0.15) is 62.1 Å². The average molecular weight is 527 g/mol. The molecule has 9 nitrogen and oxygen atoms in total. The summed E-state index contributed by atoms with van der Waals surface area (Å²) < 4.78 is 22.4. The SMILES string of the molecule is COC(=O)CCCCC[C@@H]1OCCCc2cc(cc(OC)c2)COc2ccc(CNC(C)=O)cc2NC1=O. The van der Waals surface area contributed by atoms with Crippen molar-refractivity contribution in [3.63, 3.8) is 0 Å². The molecule has 1 aliphatic rings. The van der Waals surface area contributed by atoms with Crippen LogP contribution in [-0.2, 0) is 43.4 Å². The number of carbonyl (C=O) groups excluding carboxylic acids is 3. The molecule has 2 aromatic rings. The van der Waals surface area contributed by atoms with E-state index in [1.54, 1.807) is 19.2 Å². The fraction of sp³-hybridized carbons (Fsp3) is 0.483. The predicted molar refractivity (Wildman–Crippen MR) is 143 cm³/mol. The van der Waals surface area contributed by atoms with E-state index in [1.807, 2.05) is 18.2 Å². The molecule has 0 aromatic heterocycles. The van der Waals surface area contributed by atoms with Crippen molar-refractivity contribution >= 4 is 23.5 Å². The molecule has 1 heterocycles. The van der Waals surface area contributed by atoms with Gasteiger partial charge in [0.2, 0.25) is 5.91 Å². The highest BCUT2D eigenvalue weighted by Gasteiger charge is 2.21. The van der Waals surface area contributed by atoms with Crippen LogP contribution in [0.3, 0.4) is 0 Å². The second-order valence-electron chi connectivity index (χ2n) is 9.35. The first kappa shape index (κ1) is 29.0. The van der Waals surface area contributed by atoms with Gasteiger partial charge < -0.3 is 29.6 Å². The van der Waals surface area contributed by atoms with E-state index in [0.717, 1.165) is 48.1 Å². The molecule has 0 spiro atoms. The molecule has 0 aliphatic carbocycles. The summed E-state index contributed by atoms with van der Waals surface area (Å²) in [5, 5.41) is 5.77. The van der Waals surface area contributed by atoms with Crippen LogP contribution in [0.2, 0.25) is 0 Å². The fourth-order valence-electron chi connectivity index (χ4n) is 4.26. The number of esters is 1. The first-order chi connectivity index (χ1) is 18.4. The quantitative estimate of drug-likeness (QED) is 0.370. The van der Waals surface area contributed by atoms with Gasteiger partial charge in [-0.05, 0) is 66.6 Å². The largest absolute Gasteiger partial charge is 0.497 e. The van der Waals surface area contributed by atoms with E-state index in [1.165, 1.54) is 14.0 Å². The summed E-state index contributed by atoms with van der Waals surface area (Å²) >= 11 is 0. The number of fused-ring (bicyclic) bond motifs is 3. The lowest BCUT2D eigenvalue weighted by Gasteiger charge is -2.21. The maximum absolute atomic E-state index is 13.3.